The normalized spacial score (nSPS) is 20.7. The Morgan fingerprint density at radius 2 is 2.05 bits per heavy atom. The Morgan fingerprint density at radius 3 is 2.83 bits per heavy atom. The first-order valence-corrected chi connectivity index (χ1v) is 12.9. The van der Waals surface area contributed by atoms with E-state index in [2.05, 4.69) is 15.2 Å². The molecule has 204 valence electrons. The second-order valence-corrected chi connectivity index (χ2v) is 10.3. The van der Waals surface area contributed by atoms with E-state index in [1.165, 1.54) is 4.90 Å². The minimum atomic E-state index is -3.30. The number of hydrogen-bond donors (Lipinski definition) is 0. The van der Waals surface area contributed by atoms with Crippen molar-refractivity contribution < 1.29 is 22.9 Å². The molecule has 10 nitrogen and oxygen atoms in total. The van der Waals surface area contributed by atoms with E-state index in [4.69, 9.17) is 9.78 Å². The zero-order valence-corrected chi connectivity index (χ0v) is 21.8. The number of benzene rings is 2. The van der Waals surface area contributed by atoms with E-state index in [1.807, 2.05) is 32.2 Å². The number of alkyl halides is 2. The standard InChI is InChI=1S/C28H25F2N7O3/c1-16-21-7-6-18(11-23(21)35(2)33-16)25-32-26(40-34-25)22-8-9-36(15-28(22,29)30)27(39)19-12-24(38)37(14-19)20-5-3-4-17(10-20)13-31/h3-7,10-11,19,22H,8-9,12,14-15H2,1-2H3/t19-,22?/m1/s1. The van der Waals surface area contributed by atoms with E-state index < -0.39 is 30.2 Å². The maximum atomic E-state index is 15.4. The number of piperidine rings is 1. The number of halogens is 2. The predicted octanol–water partition coefficient (Wildman–Crippen LogP) is 3.81. The Balaban J connectivity index is 1.15. The Hall–Kier alpha value is -4.66. The summed E-state index contributed by atoms with van der Waals surface area (Å²) >= 11 is 0. The first-order chi connectivity index (χ1) is 19.1. The number of carbonyl (C=O) groups is 2. The summed E-state index contributed by atoms with van der Waals surface area (Å²) in [6, 6.07) is 14.1. The number of fused-ring (bicyclic) bond motifs is 1. The van der Waals surface area contributed by atoms with E-state index in [-0.39, 0.29) is 43.6 Å². The summed E-state index contributed by atoms with van der Waals surface area (Å²) in [5.74, 6) is -6.13. The lowest BCUT2D eigenvalue weighted by molar-refractivity contribution is -0.149. The van der Waals surface area contributed by atoms with Gasteiger partial charge in [-0.2, -0.15) is 15.3 Å². The van der Waals surface area contributed by atoms with Crippen LogP contribution in [-0.2, 0) is 16.6 Å². The molecule has 0 saturated carbocycles. The van der Waals surface area contributed by atoms with Gasteiger partial charge in [0.25, 0.3) is 5.92 Å². The van der Waals surface area contributed by atoms with E-state index in [0.717, 1.165) is 21.5 Å². The highest BCUT2D eigenvalue weighted by Gasteiger charge is 2.50. The Labute approximate surface area is 227 Å². The molecule has 0 radical (unpaired) electrons. The van der Waals surface area contributed by atoms with Crippen molar-refractivity contribution in [3.05, 3.63) is 59.6 Å². The fourth-order valence-electron chi connectivity index (χ4n) is 5.63. The lowest BCUT2D eigenvalue weighted by atomic mass is 9.91. The highest BCUT2D eigenvalue weighted by Crippen LogP contribution is 2.41. The molecule has 4 heterocycles. The van der Waals surface area contributed by atoms with Gasteiger partial charge >= 0.3 is 0 Å². The molecule has 2 atom stereocenters. The zero-order chi connectivity index (χ0) is 28.2. The van der Waals surface area contributed by atoms with Crippen molar-refractivity contribution in [2.45, 2.75) is 31.6 Å². The summed E-state index contributed by atoms with van der Waals surface area (Å²) in [6.07, 6.45) is -0.135. The molecule has 2 aliphatic heterocycles. The third kappa shape index (κ3) is 4.37. The van der Waals surface area contributed by atoms with Crippen molar-refractivity contribution in [1.29, 1.82) is 5.26 Å². The average molecular weight is 546 g/mol. The number of nitrogens with zero attached hydrogens (tertiary/aromatic N) is 7. The van der Waals surface area contributed by atoms with Gasteiger partial charge in [-0.25, -0.2) is 8.78 Å². The Kier molecular flexibility index (Phi) is 6.09. The van der Waals surface area contributed by atoms with Crippen LogP contribution in [0.2, 0.25) is 0 Å². The topological polar surface area (TPSA) is 121 Å². The number of amides is 2. The minimum Gasteiger partial charge on any atom is -0.338 e. The largest absolute Gasteiger partial charge is 0.338 e. The second kappa shape index (κ2) is 9.51. The van der Waals surface area contributed by atoms with Crippen LogP contribution in [-0.4, -0.2) is 62.2 Å². The van der Waals surface area contributed by atoms with Gasteiger partial charge in [-0.3, -0.25) is 14.3 Å². The van der Waals surface area contributed by atoms with Gasteiger partial charge in [0.1, 0.15) is 5.92 Å². The quantitative estimate of drug-likeness (QED) is 0.382. The van der Waals surface area contributed by atoms with Crippen LogP contribution in [0.4, 0.5) is 14.5 Å². The number of aryl methyl sites for hydroxylation is 2. The van der Waals surface area contributed by atoms with Crippen LogP contribution in [0.3, 0.4) is 0 Å². The van der Waals surface area contributed by atoms with Gasteiger partial charge in [0.2, 0.25) is 23.5 Å². The fourth-order valence-corrected chi connectivity index (χ4v) is 5.63. The molecule has 6 rings (SSSR count). The Morgan fingerprint density at radius 1 is 1.23 bits per heavy atom. The number of aromatic nitrogens is 4. The van der Waals surface area contributed by atoms with Crippen molar-refractivity contribution in [2.24, 2.45) is 13.0 Å². The SMILES string of the molecule is Cc1nn(C)c2cc(-c3noc(C4CCN(C(=O)[C@@H]5CC(=O)N(c6cccc(C#N)c6)C5)CC4(F)F)n3)ccc12. The molecule has 0 aliphatic carbocycles. The van der Waals surface area contributed by atoms with Gasteiger partial charge in [0.15, 0.2) is 0 Å². The predicted molar refractivity (Wildman–Crippen MR) is 139 cm³/mol. The molecule has 12 heteroatoms. The number of anilines is 1. The molecule has 1 unspecified atom stereocenters. The monoisotopic (exact) mass is 545 g/mol. The van der Waals surface area contributed by atoms with Crippen molar-refractivity contribution in [1.82, 2.24) is 24.8 Å². The highest BCUT2D eigenvalue weighted by molar-refractivity contribution is 6.00. The van der Waals surface area contributed by atoms with E-state index in [0.29, 0.717) is 16.8 Å². The fraction of sp³-hybridized carbons (Fsp3) is 0.357. The molecule has 2 aliphatic rings. The molecular weight excluding hydrogens is 520 g/mol. The first kappa shape index (κ1) is 25.6. The minimum absolute atomic E-state index is 0.0606. The smallest absolute Gasteiger partial charge is 0.276 e. The van der Waals surface area contributed by atoms with Gasteiger partial charge in [-0.05, 0) is 37.6 Å². The van der Waals surface area contributed by atoms with Crippen LogP contribution in [0.1, 0.15) is 35.9 Å². The molecular formula is C28H25F2N7O3. The third-order valence-corrected chi connectivity index (χ3v) is 7.71. The average Bonchev–Trinajstić information content (AvgIpc) is 3.65. The number of hydrogen-bond acceptors (Lipinski definition) is 7. The van der Waals surface area contributed by atoms with Crippen molar-refractivity contribution in [2.75, 3.05) is 24.5 Å². The van der Waals surface area contributed by atoms with Crippen molar-refractivity contribution in [3.63, 3.8) is 0 Å². The van der Waals surface area contributed by atoms with Crippen molar-refractivity contribution in [3.8, 4) is 17.5 Å². The summed E-state index contributed by atoms with van der Waals surface area (Å²) in [6.45, 7) is 1.25. The van der Waals surface area contributed by atoms with E-state index in [9.17, 15) is 9.59 Å². The van der Waals surface area contributed by atoms with Crippen molar-refractivity contribution >= 4 is 28.4 Å². The van der Waals surface area contributed by atoms with E-state index >= 15 is 8.78 Å². The molecule has 2 fully saturated rings. The van der Waals surface area contributed by atoms with Gasteiger partial charge in [0, 0.05) is 43.2 Å². The van der Waals surface area contributed by atoms with Crippen LogP contribution in [0.15, 0.2) is 47.0 Å². The zero-order valence-electron chi connectivity index (χ0n) is 21.8. The number of likely N-dealkylation sites (tertiary alicyclic amines) is 1. The Bertz CT molecular complexity index is 1690. The number of rotatable bonds is 4. The summed E-state index contributed by atoms with van der Waals surface area (Å²) in [5.41, 5.74) is 3.26. The molecule has 2 aromatic carbocycles. The van der Waals surface area contributed by atoms with Crippen LogP contribution < -0.4 is 4.90 Å². The van der Waals surface area contributed by atoms with Gasteiger partial charge < -0.3 is 14.3 Å². The lowest BCUT2D eigenvalue weighted by Gasteiger charge is -2.37. The molecule has 2 amide bonds. The maximum Gasteiger partial charge on any atom is 0.276 e. The number of nitriles is 1. The highest BCUT2D eigenvalue weighted by atomic mass is 19.3. The van der Waals surface area contributed by atoms with Gasteiger partial charge in [0.05, 0.1) is 35.3 Å². The molecule has 40 heavy (non-hydrogen) atoms. The maximum absolute atomic E-state index is 15.4. The second-order valence-electron chi connectivity index (χ2n) is 10.3. The van der Waals surface area contributed by atoms with E-state index in [1.54, 1.807) is 35.0 Å². The van der Waals surface area contributed by atoms with Gasteiger partial charge in [-0.15, -0.1) is 0 Å². The molecule has 2 aromatic heterocycles. The summed E-state index contributed by atoms with van der Waals surface area (Å²) in [7, 11) is 1.82. The molecule has 0 N–H and O–H groups in total. The molecule has 2 saturated heterocycles. The first-order valence-electron chi connectivity index (χ1n) is 12.9. The summed E-state index contributed by atoms with van der Waals surface area (Å²) in [5, 5.41) is 18.5. The van der Waals surface area contributed by atoms with Crippen LogP contribution in [0.25, 0.3) is 22.3 Å². The summed E-state index contributed by atoms with van der Waals surface area (Å²) < 4.78 is 37.8. The van der Waals surface area contributed by atoms with Crippen LogP contribution >= 0.6 is 0 Å². The van der Waals surface area contributed by atoms with Crippen LogP contribution in [0.5, 0.6) is 0 Å². The summed E-state index contributed by atoms with van der Waals surface area (Å²) in [4.78, 5) is 32.7. The molecule has 0 spiro atoms. The molecule has 0 bridgehead atoms. The number of carbonyl (C=O) groups excluding carboxylic acids is 2. The van der Waals surface area contributed by atoms with Gasteiger partial charge in [-0.1, -0.05) is 23.4 Å². The third-order valence-electron chi connectivity index (χ3n) is 7.71. The molecule has 4 aromatic rings. The lowest BCUT2D eigenvalue weighted by Crippen LogP contribution is -2.51. The van der Waals surface area contributed by atoms with Crippen LogP contribution in [0, 0.1) is 24.2 Å².